The molecule has 26 heavy (non-hydrogen) atoms. The average molecular weight is 341 g/mol. The van der Waals surface area contributed by atoms with Crippen LogP contribution in [0.5, 0.6) is 0 Å². The van der Waals surface area contributed by atoms with Crippen molar-refractivity contribution >= 4 is 0 Å². The molecule has 3 aromatic rings. The second-order valence-corrected chi connectivity index (χ2v) is 7.93. The summed E-state index contributed by atoms with van der Waals surface area (Å²) in [4.78, 5) is 0. The van der Waals surface area contributed by atoms with Crippen molar-refractivity contribution in [3.8, 4) is 11.1 Å². The first-order chi connectivity index (χ1) is 12.7. The average Bonchev–Trinajstić information content (AvgIpc) is 2.84. The highest BCUT2D eigenvalue weighted by Crippen LogP contribution is 2.38. The van der Waals surface area contributed by atoms with Crippen LogP contribution >= 0.6 is 0 Å². The SMILES string of the molecule is CCc1ccc2c(c1)CC(c1ccc(C(C)C)cc1)Cc1ccccc1-2. The van der Waals surface area contributed by atoms with E-state index in [1.165, 1.54) is 38.9 Å². The van der Waals surface area contributed by atoms with Crippen LogP contribution in [0.1, 0.15) is 60.4 Å². The summed E-state index contributed by atoms with van der Waals surface area (Å²) >= 11 is 0. The predicted molar refractivity (Wildman–Crippen MR) is 112 cm³/mol. The van der Waals surface area contributed by atoms with Crippen molar-refractivity contribution in [3.05, 3.63) is 94.5 Å². The number of hydrogen-bond donors (Lipinski definition) is 0. The topological polar surface area (TPSA) is 0 Å². The number of benzene rings is 3. The molecule has 0 radical (unpaired) electrons. The van der Waals surface area contributed by atoms with Crippen LogP contribution in [0.3, 0.4) is 0 Å². The molecule has 0 nitrogen and oxygen atoms in total. The molecule has 1 aliphatic carbocycles. The van der Waals surface area contributed by atoms with E-state index < -0.39 is 0 Å². The largest absolute Gasteiger partial charge is 0.0620 e. The van der Waals surface area contributed by atoms with Gasteiger partial charge in [-0.25, -0.2) is 0 Å². The fourth-order valence-corrected chi connectivity index (χ4v) is 4.25. The molecule has 0 bridgehead atoms. The lowest BCUT2D eigenvalue weighted by atomic mass is 9.87. The molecule has 0 amide bonds. The van der Waals surface area contributed by atoms with E-state index in [4.69, 9.17) is 0 Å². The van der Waals surface area contributed by atoms with Gasteiger partial charge in [-0.05, 0) is 70.0 Å². The van der Waals surface area contributed by atoms with Gasteiger partial charge in [0.25, 0.3) is 0 Å². The first-order valence-corrected chi connectivity index (χ1v) is 9.95. The molecule has 0 saturated carbocycles. The molecular weight excluding hydrogens is 312 g/mol. The van der Waals surface area contributed by atoms with E-state index in [2.05, 4.69) is 87.5 Å². The summed E-state index contributed by atoms with van der Waals surface area (Å²) in [6, 6.07) is 25.4. The standard InChI is InChI=1S/C26H28/c1-4-19-9-14-26-24(15-19)17-23(16-22-7-5-6-8-25(22)26)21-12-10-20(11-13-21)18(2)3/h5-15,18,23H,4,16-17H2,1-3H3. The van der Waals surface area contributed by atoms with E-state index in [1.54, 1.807) is 0 Å². The summed E-state index contributed by atoms with van der Waals surface area (Å²) in [5, 5.41) is 0. The summed E-state index contributed by atoms with van der Waals surface area (Å²) < 4.78 is 0. The quantitative estimate of drug-likeness (QED) is 0.485. The maximum Gasteiger partial charge on any atom is -0.00806 e. The third kappa shape index (κ3) is 3.21. The van der Waals surface area contributed by atoms with Gasteiger partial charge in [0.05, 0.1) is 0 Å². The van der Waals surface area contributed by atoms with Crippen molar-refractivity contribution in [3.63, 3.8) is 0 Å². The maximum atomic E-state index is 2.44. The Bertz CT molecular complexity index is 900. The predicted octanol–water partition coefficient (Wildman–Crippen LogP) is 6.92. The molecule has 4 rings (SSSR count). The monoisotopic (exact) mass is 340 g/mol. The fourth-order valence-electron chi connectivity index (χ4n) is 4.25. The number of hydrogen-bond acceptors (Lipinski definition) is 0. The van der Waals surface area contributed by atoms with E-state index in [1.807, 2.05) is 0 Å². The van der Waals surface area contributed by atoms with Gasteiger partial charge in [-0.2, -0.15) is 0 Å². The van der Waals surface area contributed by atoms with Gasteiger partial charge in [-0.1, -0.05) is 87.5 Å². The van der Waals surface area contributed by atoms with Crippen LogP contribution in [0.4, 0.5) is 0 Å². The number of rotatable bonds is 3. The van der Waals surface area contributed by atoms with Crippen LogP contribution in [0.25, 0.3) is 11.1 Å². The third-order valence-corrected chi connectivity index (χ3v) is 5.89. The number of aryl methyl sites for hydroxylation is 1. The molecule has 0 spiro atoms. The smallest absolute Gasteiger partial charge is 0.00806 e. The van der Waals surface area contributed by atoms with E-state index in [-0.39, 0.29) is 0 Å². The molecule has 1 atom stereocenters. The molecule has 0 saturated heterocycles. The minimum atomic E-state index is 0.547. The van der Waals surface area contributed by atoms with Gasteiger partial charge >= 0.3 is 0 Å². The Morgan fingerprint density at radius 2 is 1.50 bits per heavy atom. The molecule has 132 valence electrons. The van der Waals surface area contributed by atoms with Gasteiger partial charge in [0.1, 0.15) is 0 Å². The van der Waals surface area contributed by atoms with Crippen LogP contribution in [0, 0.1) is 0 Å². The van der Waals surface area contributed by atoms with Crippen molar-refractivity contribution in [1.82, 2.24) is 0 Å². The van der Waals surface area contributed by atoms with Gasteiger partial charge in [0.15, 0.2) is 0 Å². The Balaban J connectivity index is 1.79. The highest BCUT2D eigenvalue weighted by molar-refractivity contribution is 5.72. The summed E-state index contributed by atoms with van der Waals surface area (Å²) in [6.45, 7) is 6.77. The molecule has 0 aromatic heterocycles. The molecule has 1 aliphatic rings. The van der Waals surface area contributed by atoms with Crippen LogP contribution in [-0.2, 0) is 19.3 Å². The second-order valence-electron chi connectivity index (χ2n) is 7.93. The van der Waals surface area contributed by atoms with Crippen molar-refractivity contribution in [1.29, 1.82) is 0 Å². The lowest BCUT2D eigenvalue weighted by Crippen LogP contribution is -2.06. The molecule has 1 unspecified atom stereocenters. The van der Waals surface area contributed by atoms with Crippen LogP contribution in [-0.4, -0.2) is 0 Å². The first-order valence-electron chi connectivity index (χ1n) is 9.95. The second kappa shape index (κ2) is 7.11. The van der Waals surface area contributed by atoms with Gasteiger partial charge in [-0.15, -0.1) is 0 Å². The summed E-state index contributed by atoms with van der Waals surface area (Å²) in [7, 11) is 0. The summed E-state index contributed by atoms with van der Waals surface area (Å²) in [6.07, 6.45) is 3.34. The van der Waals surface area contributed by atoms with Crippen LogP contribution in [0.15, 0.2) is 66.7 Å². The summed E-state index contributed by atoms with van der Waals surface area (Å²) in [5.74, 6) is 1.14. The van der Waals surface area contributed by atoms with Crippen molar-refractivity contribution in [2.24, 2.45) is 0 Å². The minimum Gasteiger partial charge on any atom is -0.0620 e. The molecule has 0 heteroatoms. The lowest BCUT2D eigenvalue weighted by molar-refractivity contribution is 0.687. The van der Waals surface area contributed by atoms with E-state index in [0.717, 1.165) is 19.3 Å². The molecule has 0 fully saturated rings. The Morgan fingerprint density at radius 1 is 0.808 bits per heavy atom. The van der Waals surface area contributed by atoms with E-state index in [9.17, 15) is 0 Å². The third-order valence-electron chi connectivity index (χ3n) is 5.89. The Labute approximate surface area is 157 Å². The molecule has 3 aromatic carbocycles. The van der Waals surface area contributed by atoms with Crippen molar-refractivity contribution in [2.45, 2.75) is 51.9 Å². The zero-order chi connectivity index (χ0) is 18.1. The first kappa shape index (κ1) is 17.1. The highest BCUT2D eigenvalue weighted by atomic mass is 14.3. The molecule has 0 N–H and O–H groups in total. The van der Waals surface area contributed by atoms with Crippen molar-refractivity contribution in [2.75, 3.05) is 0 Å². The van der Waals surface area contributed by atoms with Crippen LogP contribution < -0.4 is 0 Å². The molecule has 0 heterocycles. The number of fused-ring (bicyclic) bond motifs is 3. The normalized spacial score (nSPS) is 16.1. The maximum absolute atomic E-state index is 2.44. The minimum absolute atomic E-state index is 0.547. The zero-order valence-electron chi connectivity index (χ0n) is 16.1. The molecule has 0 aliphatic heterocycles. The van der Waals surface area contributed by atoms with Crippen molar-refractivity contribution < 1.29 is 0 Å². The van der Waals surface area contributed by atoms with E-state index >= 15 is 0 Å². The van der Waals surface area contributed by atoms with Gasteiger partial charge in [0.2, 0.25) is 0 Å². The van der Waals surface area contributed by atoms with Crippen LogP contribution in [0.2, 0.25) is 0 Å². The Morgan fingerprint density at radius 3 is 2.23 bits per heavy atom. The van der Waals surface area contributed by atoms with Gasteiger partial charge in [0, 0.05) is 0 Å². The molecular formula is C26H28. The Hall–Kier alpha value is -2.34. The van der Waals surface area contributed by atoms with Gasteiger partial charge < -0.3 is 0 Å². The zero-order valence-corrected chi connectivity index (χ0v) is 16.1. The lowest BCUT2D eigenvalue weighted by Gasteiger charge is -2.17. The van der Waals surface area contributed by atoms with E-state index in [0.29, 0.717) is 11.8 Å². The summed E-state index contributed by atoms with van der Waals surface area (Å²) in [5.41, 5.74) is 10.2. The fraction of sp³-hybridized carbons (Fsp3) is 0.308. The highest BCUT2D eigenvalue weighted by Gasteiger charge is 2.22. The Kier molecular flexibility index (Phi) is 4.68. The van der Waals surface area contributed by atoms with Gasteiger partial charge in [-0.3, -0.25) is 0 Å².